The number of nitrogens with zero attached hydrogens (tertiary/aromatic N) is 1. The van der Waals surface area contributed by atoms with Gasteiger partial charge in [-0.2, -0.15) is 0 Å². The molecule has 0 radical (unpaired) electrons. The number of aromatic nitrogens is 1. The third-order valence-electron chi connectivity index (χ3n) is 3.09. The average Bonchev–Trinajstić information content (AvgIpc) is 3.33. The van der Waals surface area contributed by atoms with Crippen molar-refractivity contribution < 1.29 is 9.59 Å². The molecule has 1 aromatic rings. The smallest absolute Gasteiger partial charge is 0.253 e. The second-order valence-corrected chi connectivity index (χ2v) is 4.92. The minimum absolute atomic E-state index is 0.0560. The highest BCUT2D eigenvalue weighted by molar-refractivity contribution is 5.94. The van der Waals surface area contributed by atoms with Crippen LogP contribution in [0.3, 0.4) is 0 Å². The number of pyridine rings is 1. The van der Waals surface area contributed by atoms with Gasteiger partial charge in [0.15, 0.2) is 0 Å². The Morgan fingerprint density at radius 1 is 1.33 bits per heavy atom. The Morgan fingerprint density at radius 2 is 2.14 bits per heavy atom. The molecule has 0 aromatic carbocycles. The van der Waals surface area contributed by atoms with Crippen molar-refractivity contribution in [3.05, 3.63) is 23.9 Å². The number of carbonyl (C=O) groups excluding carboxylic acids is 2. The summed E-state index contributed by atoms with van der Waals surface area (Å²) in [7, 11) is 0. The molecule has 0 unspecified atom stereocenters. The van der Waals surface area contributed by atoms with E-state index in [9.17, 15) is 9.59 Å². The lowest BCUT2D eigenvalue weighted by Crippen LogP contribution is -2.31. The van der Waals surface area contributed by atoms with E-state index < -0.39 is 0 Å². The molecule has 1 fully saturated rings. The zero-order valence-corrected chi connectivity index (χ0v) is 11.7. The third-order valence-corrected chi connectivity index (χ3v) is 3.09. The maximum atomic E-state index is 11.6. The predicted molar refractivity (Wildman–Crippen MR) is 79.6 cm³/mol. The minimum Gasteiger partial charge on any atom is -0.361 e. The van der Waals surface area contributed by atoms with E-state index in [-0.39, 0.29) is 24.9 Å². The van der Waals surface area contributed by atoms with Crippen LogP contribution in [0.4, 0.5) is 5.82 Å². The molecule has 1 heterocycles. The number of anilines is 1. The number of terminal acetylenes is 1. The fourth-order valence-corrected chi connectivity index (χ4v) is 1.68. The summed E-state index contributed by atoms with van der Waals surface area (Å²) in [6.07, 6.45) is 8.92. The van der Waals surface area contributed by atoms with E-state index in [2.05, 4.69) is 26.9 Å². The zero-order valence-electron chi connectivity index (χ0n) is 11.7. The SMILES string of the molecule is C#CCNC(=O)c1ccc(NCC(=O)NCC2CC2)nc1. The van der Waals surface area contributed by atoms with Crippen molar-refractivity contribution in [1.82, 2.24) is 15.6 Å². The molecule has 2 rings (SSSR count). The van der Waals surface area contributed by atoms with Crippen molar-refractivity contribution in [2.75, 3.05) is 25.0 Å². The second-order valence-electron chi connectivity index (χ2n) is 4.92. The van der Waals surface area contributed by atoms with Gasteiger partial charge >= 0.3 is 0 Å². The summed E-state index contributed by atoms with van der Waals surface area (Å²) in [5, 5.41) is 8.32. The molecule has 0 aliphatic heterocycles. The molecule has 6 nitrogen and oxygen atoms in total. The summed E-state index contributed by atoms with van der Waals surface area (Å²) in [6, 6.07) is 3.28. The van der Waals surface area contributed by atoms with Gasteiger partial charge < -0.3 is 16.0 Å². The van der Waals surface area contributed by atoms with Gasteiger partial charge in [-0.1, -0.05) is 5.92 Å². The Hall–Kier alpha value is -2.55. The first-order valence-electron chi connectivity index (χ1n) is 6.87. The van der Waals surface area contributed by atoms with Crippen molar-refractivity contribution in [2.45, 2.75) is 12.8 Å². The van der Waals surface area contributed by atoms with Crippen LogP contribution in [-0.4, -0.2) is 36.4 Å². The van der Waals surface area contributed by atoms with Gasteiger partial charge in [-0.05, 0) is 30.9 Å². The van der Waals surface area contributed by atoms with E-state index in [1.807, 2.05) is 0 Å². The highest BCUT2D eigenvalue weighted by Crippen LogP contribution is 2.27. The summed E-state index contributed by atoms with van der Waals surface area (Å²) >= 11 is 0. The lowest BCUT2D eigenvalue weighted by atomic mass is 10.2. The fourth-order valence-electron chi connectivity index (χ4n) is 1.68. The van der Waals surface area contributed by atoms with Crippen molar-refractivity contribution in [3.63, 3.8) is 0 Å². The Balaban J connectivity index is 1.74. The van der Waals surface area contributed by atoms with Gasteiger partial charge in [0.25, 0.3) is 5.91 Å². The second kappa shape index (κ2) is 7.29. The van der Waals surface area contributed by atoms with Crippen LogP contribution in [0.25, 0.3) is 0 Å². The van der Waals surface area contributed by atoms with E-state index in [4.69, 9.17) is 6.42 Å². The molecule has 21 heavy (non-hydrogen) atoms. The molecule has 3 N–H and O–H groups in total. The summed E-state index contributed by atoms with van der Waals surface area (Å²) in [5.41, 5.74) is 0.425. The fraction of sp³-hybridized carbons (Fsp3) is 0.400. The first-order valence-corrected chi connectivity index (χ1v) is 6.87. The van der Waals surface area contributed by atoms with Crippen LogP contribution in [0.2, 0.25) is 0 Å². The van der Waals surface area contributed by atoms with E-state index in [0.29, 0.717) is 17.3 Å². The summed E-state index contributed by atoms with van der Waals surface area (Å²) < 4.78 is 0. The zero-order chi connectivity index (χ0) is 15.1. The summed E-state index contributed by atoms with van der Waals surface area (Å²) in [6.45, 7) is 1.10. The normalized spacial score (nSPS) is 13.1. The average molecular weight is 286 g/mol. The maximum Gasteiger partial charge on any atom is 0.253 e. The van der Waals surface area contributed by atoms with Gasteiger partial charge in [0, 0.05) is 12.7 Å². The Bertz CT molecular complexity index is 544. The first-order chi connectivity index (χ1) is 10.2. The van der Waals surface area contributed by atoms with Crippen LogP contribution in [0.1, 0.15) is 23.2 Å². The molecular weight excluding hydrogens is 268 g/mol. The quantitative estimate of drug-likeness (QED) is 0.633. The van der Waals surface area contributed by atoms with Gasteiger partial charge in [0.1, 0.15) is 5.82 Å². The lowest BCUT2D eigenvalue weighted by Gasteiger charge is -2.07. The van der Waals surface area contributed by atoms with Crippen LogP contribution < -0.4 is 16.0 Å². The molecule has 1 saturated carbocycles. The Morgan fingerprint density at radius 3 is 2.76 bits per heavy atom. The largest absolute Gasteiger partial charge is 0.361 e. The molecule has 0 atom stereocenters. The van der Waals surface area contributed by atoms with Gasteiger partial charge in [-0.15, -0.1) is 6.42 Å². The van der Waals surface area contributed by atoms with Gasteiger partial charge in [-0.25, -0.2) is 4.98 Å². The number of hydrogen-bond donors (Lipinski definition) is 3. The van der Waals surface area contributed by atoms with Crippen LogP contribution in [0.5, 0.6) is 0 Å². The van der Waals surface area contributed by atoms with Crippen LogP contribution in [-0.2, 0) is 4.79 Å². The monoisotopic (exact) mass is 286 g/mol. The number of amides is 2. The standard InChI is InChI=1S/C15H18N4O2/c1-2-7-16-15(21)12-5-6-13(17-9-12)18-10-14(20)19-8-11-3-4-11/h1,5-6,9,11H,3-4,7-8,10H2,(H,16,21)(H,17,18)(H,19,20). The van der Waals surface area contributed by atoms with Gasteiger partial charge in [0.05, 0.1) is 18.7 Å². The molecule has 110 valence electrons. The number of nitrogens with one attached hydrogen (secondary N) is 3. The van der Waals surface area contributed by atoms with Crippen molar-refractivity contribution in [2.24, 2.45) is 5.92 Å². The first kappa shape index (κ1) is 14.9. The molecule has 0 spiro atoms. The summed E-state index contributed by atoms with van der Waals surface area (Å²) in [5.74, 6) is 3.21. The lowest BCUT2D eigenvalue weighted by molar-refractivity contribution is -0.119. The van der Waals surface area contributed by atoms with E-state index in [1.165, 1.54) is 19.0 Å². The van der Waals surface area contributed by atoms with Crippen molar-refractivity contribution in [3.8, 4) is 12.3 Å². The number of carbonyl (C=O) groups is 2. The van der Waals surface area contributed by atoms with Crippen molar-refractivity contribution in [1.29, 1.82) is 0 Å². The molecule has 2 amide bonds. The highest BCUT2D eigenvalue weighted by atomic mass is 16.2. The van der Waals surface area contributed by atoms with Crippen molar-refractivity contribution >= 4 is 17.6 Å². The van der Waals surface area contributed by atoms with Crippen LogP contribution >= 0.6 is 0 Å². The molecule has 1 aromatic heterocycles. The van der Waals surface area contributed by atoms with Crippen LogP contribution in [0.15, 0.2) is 18.3 Å². The molecular formula is C15H18N4O2. The van der Waals surface area contributed by atoms with E-state index in [1.54, 1.807) is 12.1 Å². The molecule has 1 aliphatic carbocycles. The molecule has 0 saturated heterocycles. The predicted octanol–water partition coefficient (Wildman–Crippen LogP) is 0.383. The highest BCUT2D eigenvalue weighted by Gasteiger charge is 2.21. The molecule has 0 bridgehead atoms. The molecule has 1 aliphatic rings. The Labute approximate surface area is 123 Å². The van der Waals surface area contributed by atoms with Gasteiger partial charge in [0.2, 0.25) is 5.91 Å². The minimum atomic E-state index is -0.269. The van der Waals surface area contributed by atoms with Crippen LogP contribution in [0, 0.1) is 18.3 Å². The van der Waals surface area contributed by atoms with E-state index in [0.717, 1.165) is 6.54 Å². The van der Waals surface area contributed by atoms with E-state index >= 15 is 0 Å². The topological polar surface area (TPSA) is 83.1 Å². The molecule has 6 heteroatoms. The summed E-state index contributed by atoms with van der Waals surface area (Å²) in [4.78, 5) is 27.2. The third kappa shape index (κ3) is 5.15. The maximum absolute atomic E-state index is 11.6. The van der Waals surface area contributed by atoms with Gasteiger partial charge in [-0.3, -0.25) is 9.59 Å². The number of hydrogen-bond acceptors (Lipinski definition) is 4. The number of rotatable bonds is 7. The Kier molecular flexibility index (Phi) is 5.16.